The van der Waals surface area contributed by atoms with Gasteiger partial charge in [-0.1, -0.05) is 71.2 Å². The number of aryl methyl sites for hydroxylation is 1. The number of carbonyl (C=O) groups excluding carboxylic acids is 1. The molecule has 0 bridgehead atoms. The fraction of sp³-hybridized carbons (Fsp3) is 0.387. The Labute approximate surface area is 230 Å². The summed E-state index contributed by atoms with van der Waals surface area (Å²) >= 11 is 12.6. The Morgan fingerprint density at radius 2 is 1.76 bits per heavy atom. The van der Waals surface area contributed by atoms with Crippen LogP contribution < -0.4 is 0 Å². The summed E-state index contributed by atoms with van der Waals surface area (Å²) in [6.45, 7) is 6.31. The number of likely N-dealkylation sites (N-methyl/N-ethyl adjacent to an activating group) is 1. The lowest BCUT2D eigenvalue weighted by Crippen LogP contribution is -2.43. The van der Waals surface area contributed by atoms with Crippen LogP contribution in [0.4, 0.5) is 0 Å². The quantitative estimate of drug-likeness (QED) is 0.323. The van der Waals surface area contributed by atoms with Gasteiger partial charge >= 0.3 is 0 Å². The van der Waals surface area contributed by atoms with E-state index in [0.29, 0.717) is 22.2 Å². The van der Waals surface area contributed by atoms with Gasteiger partial charge in [0.25, 0.3) is 5.91 Å². The van der Waals surface area contributed by atoms with Gasteiger partial charge in [-0.25, -0.2) is 0 Å². The molecule has 2 heterocycles. The number of carbonyl (C=O) groups is 1. The monoisotopic (exact) mass is 536 g/mol. The smallest absolute Gasteiger partial charge is 0.253 e. The molecule has 5 rings (SSSR count). The summed E-state index contributed by atoms with van der Waals surface area (Å²) in [5.41, 5.74) is 5.54. The Kier molecular flexibility index (Phi) is 7.92. The van der Waals surface area contributed by atoms with Gasteiger partial charge < -0.3 is 14.5 Å². The molecule has 1 unspecified atom stereocenters. The third-order valence-electron chi connectivity index (χ3n) is 8.02. The minimum atomic E-state index is -0.128. The SMILES string of the molecule is Cc1ccc(C(=O)N(C)CC(CCN2CCC3(CC2)OCc2ccccc23)c2ccc(Cl)c(Cl)c2)cc1. The van der Waals surface area contributed by atoms with E-state index in [9.17, 15) is 4.79 Å². The molecule has 0 radical (unpaired) electrons. The molecule has 0 aromatic heterocycles. The lowest BCUT2D eigenvalue weighted by atomic mass is 9.83. The molecular weight excluding hydrogens is 503 g/mol. The predicted octanol–water partition coefficient (Wildman–Crippen LogP) is 7.07. The Bertz CT molecular complexity index is 1250. The van der Waals surface area contributed by atoms with E-state index in [2.05, 4.69) is 29.2 Å². The molecule has 0 saturated carbocycles. The van der Waals surface area contributed by atoms with Crippen molar-refractivity contribution in [3.8, 4) is 0 Å². The number of halogens is 2. The molecule has 4 nitrogen and oxygen atoms in total. The van der Waals surface area contributed by atoms with E-state index in [-0.39, 0.29) is 17.4 Å². The highest BCUT2D eigenvalue weighted by Gasteiger charge is 2.42. The number of rotatable bonds is 7. The first-order valence-electron chi connectivity index (χ1n) is 13.1. The van der Waals surface area contributed by atoms with Crippen LogP contribution in [0.1, 0.15) is 57.8 Å². The van der Waals surface area contributed by atoms with E-state index in [4.69, 9.17) is 27.9 Å². The summed E-state index contributed by atoms with van der Waals surface area (Å²) < 4.78 is 6.35. The van der Waals surface area contributed by atoms with Crippen LogP contribution in [0.5, 0.6) is 0 Å². The zero-order valence-electron chi connectivity index (χ0n) is 21.6. The number of piperidine rings is 1. The van der Waals surface area contributed by atoms with Crippen LogP contribution >= 0.6 is 23.2 Å². The van der Waals surface area contributed by atoms with Gasteiger partial charge in [-0.3, -0.25) is 4.79 Å². The highest BCUT2D eigenvalue weighted by Crippen LogP contribution is 2.44. The second-order valence-corrected chi connectivity index (χ2v) is 11.3. The molecule has 194 valence electrons. The molecule has 1 fully saturated rings. The molecule has 0 N–H and O–H groups in total. The molecule has 37 heavy (non-hydrogen) atoms. The summed E-state index contributed by atoms with van der Waals surface area (Å²) in [6.07, 6.45) is 2.94. The summed E-state index contributed by atoms with van der Waals surface area (Å²) in [4.78, 5) is 17.5. The van der Waals surface area contributed by atoms with E-state index < -0.39 is 0 Å². The third kappa shape index (κ3) is 5.73. The minimum Gasteiger partial charge on any atom is -0.365 e. The Morgan fingerprint density at radius 3 is 2.49 bits per heavy atom. The van der Waals surface area contributed by atoms with Crippen LogP contribution in [0, 0.1) is 6.92 Å². The first-order chi connectivity index (χ1) is 17.8. The maximum atomic E-state index is 13.1. The fourth-order valence-electron chi connectivity index (χ4n) is 5.73. The topological polar surface area (TPSA) is 32.8 Å². The largest absolute Gasteiger partial charge is 0.365 e. The van der Waals surface area contributed by atoms with Gasteiger partial charge in [-0.05, 0) is 73.7 Å². The maximum absolute atomic E-state index is 13.1. The Hall–Kier alpha value is -2.37. The summed E-state index contributed by atoms with van der Waals surface area (Å²) in [7, 11) is 1.88. The highest BCUT2D eigenvalue weighted by molar-refractivity contribution is 6.42. The summed E-state index contributed by atoms with van der Waals surface area (Å²) in [5.74, 6) is 0.176. The third-order valence-corrected chi connectivity index (χ3v) is 8.76. The number of ether oxygens (including phenoxy) is 1. The van der Waals surface area contributed by atoms with Crippen LogP contribution in [0.3, 0.4) is 0 Å². The van der Waals surface area contributed by atoms with Crippen molar-refractivity contribution in [3.05, 3.63) is 105 Å². The van der Waals surface area contributed by atoms with Crippen molar-refractivity contribution in [2.24, 2.45) is 0 Å². The van der Waals surface area contributed by atoms with Crippen molar-refractivity contribution in [1.29, 1.82) is 0 Å². The van der Waals surface area contributed by atoms with Crippen molar-refractivity contribution in [2.75, 3.05) is 33.2 Å². The van der Waals surface area contributed by atoms with Gasteiger partial charge in [0.1, 0.15) is 0 Å². The van der Waals surface area contributed by atoms with E-state index in [1.807, 2.05) is 61.3 Å². The highest BCUT2D eigenvalue weighted by atomic mass is 35.5. The van der Waals surface area contributed by atoms with Crippen molar-refractivity contribution in [3.63, 3.8) is 0 Å². The Morgan fingerprint density at radius 1 is 1.03 bits per heavy atom. The van der Waals surface area contributed by atoms with Crippen molar-refractivity contribution in [1.82, 2.24) is 9.80 Å². The first-order valence-corrected chi connectivity index (χ1v) is 13.8. The number of hydrogen-bond acceptors (Lipinski definition) is 3. The summed E-state index contributed by atoms with van der Waals surface area (Å²) in [5, 5.41) is 1.10. The van der Waals surface area contributed by atoms with Gasteiger partial charge in [0.2, 0.25) is 0 Å². The predicted molar refractivity (Wildman–Crippen MR) is 151 cm³/mol. The van der Waals surface area contributed by atoms with Crippen LogP contribution in [-0.2, 0) is 16.9 Å². The van der Waals surface area contributed by atoms with Gasteiger partial charge in [0.15, 0.2) is 0 Å². The standard InChI is InChI=1S/C31H34Cl2N2O2/c1-22-7-9-23(10-8-22)30(36)34(2)20-25(24-11-12-28(32)29(33)19-24)13-16-35-17-14-31(15-18-35)27-6-4-3-5-26(27)21-37-31/h3-12,19,25H,13-18,20-21H2,1-2H3. The number of hydrogen-bond donors (Lipinski definition) is 0. The second kappa shape index (κ2) is 11.2. The number of likely N-dealkylation sites (tertiary alicyclic amines) is 1. The minimum absolute atomic E-state index is 0.0297. The van der Waals surface area contributed by atoms with Crippen molar-refractivity contribution < 1.29 is 9.53 Å². The van der Waals surface area contributed by atoms with E-state index in [1.165, 1.54) is 11.1 Å². The molecule has 3 aromatic carbocycles. The molecule has 1 atom stereocenters. The molecule has 2 aliphatic heterocycles. The van der Waals surface area contributed by atoms with Gasteiger partial charge in [-0.15, -0.1) is 0 Å². The zero-order valence-corrected chi connectivity index (χ0v) is 23.1. The molecule has 3 aromatic rings. The average molecular weight is 538 g/mol. The van der Waals surface area contributed by atoms with E-state index >= 15 is 0 Å². The molecular formula is C31H34Cl2N2O2. The molecule has 6 heteroatoms. The van der Waals surface area contributed by atoms with Gasteiger partial charge in [0.05, 0.1) is 22.3 Å². The molecule has 1 spiro atoms. The Balaban J connectivity index is 1.25. The number of amides is 1. The maximum Gasteiger partial charge on any atom is 0.253 e. The van der Waals surface area contributed by atoms with Gasteiger partial charge in [-0.2, -0.15) is 0 Å². The van der Waals surface area contributed by atoms with Crippen LogP contribution in [0.25, 0.3) is 0 Å². The van der Waals surface area contributed by atoms with Crippen LogP contribution in [0.15, 0.2) is 66.7 Å². The lowest BCUT2D eigenvalue weighted by Gasteiger charge is -2.40. The molecule has 1 amide bonds. The molecule has 1 saturated heterocycles. The number of benzene rings is 3. The first kappa shape index (κ1) is 26.2. The summed E-state index contributed by atoms with van der Waals surface area (Å²) in [6, 6.07) is 22.2. The number of fused-ring (bicyclic) bond motifs is 2. The van der Waals surface area contributed by atoms with Crippen LogP contribution in [0.2, 0.25) is 10.0 Å². The molecule has 0 aliphatic carbocycles. The van der Waals surface area contributed by atoms with Gasteiger partial charge in [0, 0.05) is 38.2 Å². The van der Waals surface area contributed by atoms with Crippen molar-refractivity contribution in [2.45, 2.75) is 44.3 Å². The number of nitrogens with zero attached hydrogens (tertiary/aromatic N) is 2. The lowest BCUT2D eigenvalue weighted by molar-refractivity contribution is -0.0790. The van der Waals surface area contributed by atoms with Crippen LogP contribution in [-0.4, -0.2) is 48.9 Å². The zero-order chi connectivity index (χ0) is 26.0. The average Bonchev–Trinajstić information content (AvgIpc) is 3.27. The molecule has 2 aliphatic rings. The van der Waals surface area contributed by atoms with Crippen molar-refractivity contribution >= 4 is 29.1 Å². The fourth-order valence-corrected chi connectivity index (χ4v) is 6.04. The second-order valence-electron chi connectivity index (χ2n) is 10.5. The van der Waals surface area contributed by atoms with E-state index in [1.54, 1.807) is 0 Å². The normalized spacial score (nSPS) is 17.5. The van der Waals surface area contributed by atoms with E-state index in [0.717, 1.165) is 56.6 Å².